The largest absolute Gasteiger partial charge is 0.408 e. The van der Waals surface area contributed by atoms with E-state index in [1.165, 1.54) is 26.2 Å². The molecule has 27 heavy (non-hydrogen) atoms. The van der Waals surface area contributed by atoms with E-state index < -0.39 is 10.0 Å². The van der Waals surface area contributed by atoms with Crippen LogP contribution in [0.25, 0.3) is 0 Å². The van der Waals surface area contributed by atoms with Gasteiger partial charge in [-0.3, -0.25) is 4.79 Å². The maximum atomic E-state index is 12.8. The molecule has 1 aromatic heterocycles. The lowest BCUT2D eigenvalue weighted by molar-refractivity contribution is 0.0744. The van der Waals surface area contributed by atoms with Crippen molar-refractivity contribution in [3.63, 3.8) is 0 Å². The molecule has 0 aliphatic carbocycles. The van der Waals surface area contributed by atoms with Crippen molar-refractivity contribution >= 4 is 21.9 Å². The lowest BCUT2D eigenvalue weighted by atomic mass is 10.2. The van der Waals surface area contributed by atoms with Crippen LogP contribution in [0.5, 0.6) is 0 Å². The molecule has 3 rings (SSSR count). The molecule has 1 fully saturated rings. The number of piperazine rings is 1. The van der Waals surface area contributed by atoms with Crippen LogP contribution < -0.4 is 4.90 Å². The molecule has 0 unspecified atom stereocenters. The van der Waals surface area contributed by atoms with E-state index in [2.05, 4.69) is 10.2 Å². The number of aryl methyl sites for hydroxylation is 1. The number of sulfonamides is 1. The third-order valence-electron chi connectivity index (χ3n) is 4.46. The van der Waals surface area contributed by atoms with Crippen LogP contribution in [0.2, 0.25) is 0 Å². The number of amides is 1. The minimum atomic E-state index is -3.58. The molecule has 1 aromatic carbocycles. The Labute approximate surface area is 158 Å². The fourth-order valence-corrected chi connectivity index (χ4v) is 3.75. The quantitative estimate of drug-likeness (QED) is 0.742. The van der Waals surface area contributed by atoms with Gasteiger partial charge in [0.25, 0.3) is 5.91 Å². The maximum Gasteiger partial charge on any atom is 0.318 e. The van der Waals surface area contributed by atoms with E-state index in [1.807, 2.05) is 11.8 Å². The van der Waals surface area contributed by atoms with Crippen LogP contribution in [0, 0.1) is 0 Å². The van der Waals surface area contributed by atoms with E-state index in [4.69, 9.17) is 4.42 Å². The summed E-state index contributed by atoms with van der Waals surface area (Å²) in [5, 5.41) is 7.99. The Morgan fingerprint density at radius 1 is 1.19 bits per heavy atom. The monoisotopic (exact) mass is 393 g/mol. The van der Waals surface area contributed by atoms with Crippen molar-refractivity contribution in [2.24, 2.45) is 0 Å². The Bertz CT molecular complexity index is 917. The average molecular weight is 393 g/mol. The first-order valence-corrected chi connectivity index (χ1v) is 10.2. The summed E-state index contributed by atoms with van der Waals surface area (Å²) in [6.45, 7) is 4.08. The number of hydrogen-bond acceptors (Lipinski definition) is 7. The zero-order valence-corrected chi connectivity index (χ0v) is 16.4. The maximum absolute atomic E-state index is 12.8. The topological polar surface area (TPSA) is 99.8 Å². The molecule has 1 aliphatic heterocycles. The van der Waals surface area contributed by atoms with Gasteiger partial charge in [0.05, 0.1) is 4.90 Å². The van der Waals surface area contributed by atoms with E-state index in [0.717, 1.165) is 4.31 Å². The number of aromatic nitrogens is 2. The van der Waals surface area contributed by atoms with Crippen molar-refractivity contribution < 1.29 is 17.6 Å². The van der Waals surface area contributed by atoms with Gasteiger partial charge in [0.1, 0.15) is 0 Å². The van der Waals surface area contributed by atoms with Gasteiger partial charge in [-0.2, -0.15) is 0 Å². The third-order valence-corrected chi connectivity index (χ3v) is 6.27. The molecule has 1 aliphatic rings. The molecule has 0 bridgehead atoms. The van der Waals surface area contributed by atoms with Gasteiger partial charge in [-0.25, -0.2) is 12.7 Å². The summed E-state index contributed by atoms with van der Waals surface area (Å²) in [5.74, 6) is 0.396. The van der Waals surface area contributed by atoms with Crippen molar-refractivity contribution in [2.45, 2.75) is 18.2 Å². The number of benzene rings is 1. The predicted molar refractivity (Wildman–Crippen MR) is 99.1 cm³/mol. The summed E-state index contributed by atoms with van der Waals surface area (Å²) >= 11 is 0. The number of carbonyl (C=O) groups excluding carboxylic acids is 1. The highest BCUT2D eigenvalue weighted by Crippen LogP contribution is 2.19. The van der Waals surface area contributed by atoms with Crippen molar-refractivity contribution in [2.75, 3.05) is 45.2 Å². The number of anilines is 1. The summed E-state index contributed by atoms with van der Waals surface area (Å²) in [5.41, 5.74) is 0.359. The first-order chi connectivity index (χ1) is 12.8. The van der Waals surface area contributed by atoms with E-state index in [9.17, 15) is 13.2 Å². The van der Waals surface area contributed by atoms with Crippen molar-refractivity contribution in [1.82, 2.24) is 19.4 Å². The van der Waals surface area contributed by atoms with Gasteiger partial charge < -0.3 is 14.2 Å². The van der Waals surface area contributed by atoms with Gasteiger partial charge in [0.2, 0.25) is 15.9 Å². The minimum absolute atomic E-state index is 0.106. The van der Waals surface area contributed by atoms with Crippen LogP contribution in [0.3, 0.4) is 0 Å². The molecule has 0 spiro atoms. The third kappa shape index (κ3) is 3.96. The standard InChI is InChI=1S/C17H23N5O4S/c1-4-15-18-19-17(26-15)22-10-8-21(9-11-22)16(23)13-6-5-7-14(12-13)27(24,25)20(2)3/h5-7,12H,4,8-11H2,1-3H3. The zero-order valence-electron chi connectivity index (χ0n) is 15.6. The highest BCUT2D eigenvalue weighted by atomic mass is 32.2. The smallest absolute Gasteiger partial charge is 0.318 e. The van der Waals surface area contributed by atoms with Gasteiger partial charge in [-0.15, -0.1) is 5.10 Å². The van der Waals surface area contributed by atoms with E-state index in [1.54, 1.807) is 17.0 Å². The molecule has 10 heteroatoms. The van der Waals surface area contributed by atoms with Crippen molar-refractivity contribution in [3.8, 4) is 0 Å². The molecule has 0 atom stereocenters. The van der Waals surface area contributed by atoms with Crippen LogP contribution in [0.4, 0.5) is 6.01 Å². The minimum Gasteiger partial charge on any atom is -0.408 e. The molecular formula is C17H23N5O4S. The van der Waals surface area contributed by atoms with Crippen molar-refractivity contribution in [1.29, 1.82) is 0 Å². The first kappa shape index (κ1) is 19.3. The summed E-state index contributed by atoms with van der Waals surface area (Å²) in [7, 11) is -0.656. The summed E-state index contributed by atoms with van der Waals surface area (Å²) < 4.78 is 31.2. The van der Waals surface area contributed by atoms with Gasteiger partial charge >= 0.3 is 6.01 Å². The Morgan fingerprint density at radius 3 is 2.48 bits per heavy atom. The second kappa shape index (κ2) is 7.65. The van der Waals surface area contributed by atoms with Crippen LogP contribution in [0.15, 0.2) is 33.6 Å². The lowest BCUT2D eigenvalue weighted by Crippen LogP contribution is -2.49. The number of rotatable bonds is 5. The van der Waals surface area contributed by atoms with E-state index >= 15 is 0 Å². The van der Waals surface area contributed by atoms with Gasteiger partial charge in [0, 0.05) is 52.3 Å². The molecule has 1 saturated heterocycles. The highest BCUT2D eigenvalue weighted by molar-refractivity contribution is 7.89. The van der Waals surface area contributed by atoms with Gasteiger partial charge in [-0.1, -0.05) is 18.1 Å². The second-order valence-corrected chi connectivity index (χ2v) is 8.58. The van der Waals surface area contributed by atoms with Crippen molar-refractivity contribution in [3.05, 3.63) is 35.7 Å². The number of carbonyl (C=O) groups is 1. The van der Waals surface area contributed by atoms with Crippen LogP contribution >= 0.6 is 0 Å². The molecule has 2 aromatic rings. The Balaban J connectivity index is 1.69. The lowest BCUT2D eigenvalue weighted by Gasteiger charge is -2.33. The Kier molecular flexibility index (Phi) is 5.47. The number of hydrogen-bond donors (Lipinski definition) is 0. The van der Waals surface area contributed by atoms with Crippen LogP contribution in [0.1, 0.15) is 23.2 Å². The highest BCUT2D eigenvalue weighted by Gasteiger charge is 2.26. The molecule has 0 N–H and O–H groups in total. The second-order valence-electron chi connectivity index (χ2n) is 6.43. The van der Waals surface area contributed by atoms with Crippen LogP contribution in [-0.4, -0.2) is 74.0 Å². The van der Waals surface area contributed by atoms with Crippen LogP contribution in [-0.2, 0) is 16.4 Å². The average Bonchev–Trinajstić information content (AvgIpc) is 3.17. The predicted octanol–water partition coefficient (Wildman–Crippen LogP) is 0.845. The molecule has 1 amide bonds. The SMILES string of the molecule is CCc1nnc(N2CCN(C(=O)c3cccc(S(=O)(=O)N(C)C)c3)CC2)o1. The van der Waals surface area contributed by atoms with E-state index in [0.29, 0.717) is 50.1 Å². The molecule has 146 valence electrons. The number of nitrogens with zero attached hydrogens (tertiary/aromatic N) is 5. The zero-order chi connectivity index (χ0) is 19.6. The Morgan fingerprint density at radius 2 is 1.89 bits per heavy atom. The molecule has 9 nitrogen and oxygen atoms in total. The fourth-order valence-electron chi connectivity index (χ4n) is 2.80. The molecule has 0 radical (unpaired) electrons. The summed E-state index contributed by atoms with van der Waals surface area (Å²) in [6.07, 6.45) is 0.678. The fraction of sp³-hybridized carbons (Fsp3) is 0.471. The summed E-state index contributed by atoms with van der Waals surface area (Å²) in [4.78, 5) is 16.5. The molecular weight excluding hydrogens is 370 g/mol. The molecule has 2 heterocycles. The first-order valence-electron chi connectivity index (χ1n) is 8.72. The molecule has 0 saturated carbocycles. The van der Waals surface area contributed by atoms with Gasteiger partial charge in [0.15, 0.2) is 0 Å². The van der Waals surface area contributed by atoms with E-state index in [-0.39, 0.29) is 10.8 Å². The Hall–Kier alpha value is -2.46. The normalized spacial score (nSPS) is 15.4. The van der Waals surface area contributed by atoms with Gasteiger partial charge in [-0.05, 0) is 18.2 Å². The summed E-state index contributed by atoms with van der Waals surface area (Å²) in [6, 6.07) is 6.61.